The van der Waals surface area contributed by atoms with Crippen molar-refractivity contribution in [2.75, 3.05) is 38.5 Å². The van der Waals surface area contributed by atoms with Gasteiger partial charge < -0.3 is 20.1 Å². The molecule has 0 saturated heterocycles. The summed E-state index contributed by atoms with van der Waals surface area (Å²) in [5.74, 6) is 0.916. The average molecular weight is 227 g/mol. The fourth-order valence-corrected chi connectivity index (χ4v) is 1.14. The van der Waals surface area contributed by atoms with Crippen molar-refractivity contribution in [1.29, 1.82) is 0 Å². The highest BCUT2D eigenvalue weighted by atomic mass is 16.5. The summed E-state index contributed by atoms with van der Waals surface area (Å²) >= 11 is 0. The first kappa shape index (κ1) is 12.4. The van der Waals surface area contributed by atoms with Gasteiger partial charge in [-0.3, -0.25) is 0 Å². The molecule has 0 radical (unpaired) electrons. The predicted molar refractivity (Wildman–Crippen MR) is 60.9 cm³/mol. The van der Waals surface area contributed by atoms with Crippen LogP contribution in [0.25, 0.3) is 0 Å². The maximum absolute atomic E-state index is 5.01. The summed E-state index contributed by atoms with van der Waals surface area (Å²) < 4.78 is 9.97. The Balaban J connectivity index is 2.78. The number of aromatic nitrogens is 3. The standard InChI is InChI=1S/C9H17N5O2/c1-6(5-15-3)11-8-12-7(10-2)13-9(14-8)16-4/h6H,5H2,1-4H3,(H2,10,11,12,13,14). The molecule has 0 fully saturated rings. The number of nitrogens with zero attached hydrogens (tertiary/aromatic N) is 3. The minimum absolute atomic E-state index is 0.113. The molecule has 0 aromatic carbocycles. The van der Waals surface area contributed by atoms with Gasteiger partial charge in [0.25, 0.3) is 0 Å². The van der Waals surface area contributed by atoms with Gasteiger partial charge in [0, 0.05) is 20.2 Å². The molecule has 0 aliphatic carbocycles. The Morgan fingerprint density at radius 2 is 1.88 bits per heavy atom. The Kier molecular flexibility index (Phi) is 4.71. The first-order valence-corrected chi connectivity index (χ1v) is 4.93. The van der Waals surface area contributed by atoms with E-state index in [9.17, 15) is 0 Å². The van der Waals surface area contributed by atoms with E-state index in [0.717, 1.165) is 0 Å². The third-order valence-corrected chi connectivity index (χ3v) is 1.81. The molecule has 7 heteroatoms. The molecule has 0 bridgehead atoms. The number of hydrogen-bond acceptors (Lipinski definition) is 7. The molecule has 1 atom stereocenters. The Hall–Kier alpha value is -1.63. The molecule has 0 amide bonds. The van der Waals surface area contributed by atoms with Crippen molar-refractivity contribution in [2.45, 2.75) is 13.0 Å². The van der Waals surface area contributed by atoms with E-state index in [2.05, 4.69) is 25.6 Å². The van der Waals surface area contributed by atoms with Gasteiger partial charge in [0.1, 0.15) is 0 Å². The fraction of sp³-hybridized carbons (Fsp3) is 0.667. The van der Waals surface area contributed by atoms with Crippen LogP contribution in [0.3, 0.4) is 0 Å². The van der Waals surface area contributed by atoms with Gasteiger partial charge in [-0.1, -0.05) is 0 Å². The van der Waals surface area contributed by atoms with Crippen LogP contribution in [0.15, 0.2) is 0 Å². The molecule has 16 heavy (non-hydrogen) atoms. The maximum atomic E-state index is 5.01. The summed E-state index contributed by atoms with van der Waals surface area (Å²) in [5, 5.41) is 5.92. The predicted octanol–water partition coefficient (Wildman–Crippen LogP) is 0.369. The molecule has 1 aromatic heterocycles. The second kappa shape index (κ2) is 6.06. The smallest absolute Gasteiger partial charge is 0.322 e. The molecule has 0 spiro atoms. The second-order valence-electron chi connectivity index (χ2n) is 3.22. The summed E-state index contributed by atoms with van der Waals surface area (Å²) in [6.07, 6.45) is 0. The Labute approximate surface area is 94.6 Å². The molecule has 7 nitrogen and oxygen atoms in total. The molecule has 1 aromatic rings. The summed E-state index contributed by atoms with van der Waals surface area (Å²) in [5.41, 5.74) is 0. The van der Waals surface area contributed by atoms with Crippen LogP contribution in [0.1, 0.15) is 6.92 Å². The lowest BCUT2D eigenvalue weighted by molar-refractivity contribution is 0.190. The Bertz CT molecular complexity index is 311. The van der Waals surface area contributed by atoms with Crippen LogP contribution in [0.4, 0.5) is 11.9 Å². The van der Waals surface area contributed by atoms with E-state index in [-0.39, 0.29) is 12.1 Å². The lowest BCUT2D eigenvalue weighted by Gasteiger charge is -2.13. The van der Waals surface area contributed by atoms with Crippen LogP contribution >= 0.6 is 0 Å². The third-order valence-electron chi connectivity index (χ3n) is 1.81. The Morgan fingerprint density at radius 1 is 1.19 bits per heavy atom. The first-order valence-electron chi connectivity index (χ1n) is 4.93. The van der Waals surface area contributed by atoms with Crippen LogP contribution in [0, 0.1) is 0 Å². The van der Waals surface area contributed by atoms with Gasteiger partial charge in [0.05, 0.1) is 13.7 Å². The van der Waals surface area contributed by atoms with Crippen molar-refractivity contribution in [1.82, 2.24) is 15.0 Å². The highest BCUT2D eigenvalue weighted by molar-refractivity contribution is 5.35. The SMILES string of the molecule is CNc1nc(NC(C)COC)nc(OC)n1. The molecule has 0 aliphatic heterocycles. The summed E-state index contributed by atoms with van der Waals surface area (Å²) in [4.78, 5) is 12.2. The number of nitrogens with one attached hydrogen (secondary N) is 2. The second-order valence-corrected chi connectivity index (χ2v) is 3.22. The van der Waals surface area contributed by atoms with Crippen molar-refractivity contribution >= 4 is 11.9 Å². The zero-order valence-electron chi connectivity index (χ0n) is 9.94. The summed E-state index contributed by atoms with van der Waals surface area (Å²) in [6, 6.07) is 0.383. The van der Waals surface area contributed by atoms with Crippen molar-refractivity contribution < 1.29 is 9.47 Å². The quantitative estimate of drug-likeness (QED) is 0.726. The fourth-order valence-electron chi connectivity index (χ4n) is 1.14. The highest BCUT2D eigenvalue weighted by Crippen LogP contribution is 2.10. The van der Waals surface area contributed by atoms with Gasteiger partial charge >= 0.3 is 6.01 Å². The molecular weight excluding hydrogens is 210 g/mol. The van der Waals surface area contributed by atoms with E-state index >= 15 is 0 Å². The van der Waals surface area contributed by atoms with Crippen LogP contribution in [-0.2, 0) is 4.74 Å². The van der Waals surface area contributed by atoms with E-state index in [1.165, 1.54) is 7.11 Å². The van der Waals surface area contributed by atoms with E-state index in [4.69, 9.17) is 9.47 Å². The van der Waals surface area contributed by atoms with Gasteiger partial charge in [-0.15, -0.1) is 0 Å². The van der Waals surface area contributed by atoms with Gasteiger partial charge in [0.15, 0.2) is 0 Å². The van der Waals surface area contributed by atoms with Crippen molar-refractivity contribution in [2.24, 2.45) is 0 Å². The van der Waals surface area contributed by atoms with E-state index in [1.54, 1.807) is 14.2 Å². The minimum atomic E-state index is 0.113. The normalized spacial score (nSPS) is 12.0. The van der Waals surface area contributed by atoms with Crippen LogP contribution in [0.2, 0.25) is 0 Å². The Morgan fingerprint density at radius 3 is 2.44 bits per heavy atom. The van der Waals surface area contributed by atoms with Crippen LogP contribution in [-0.4, -0.2) is 48.9 Å². The zero-order chi connectivity index (χ0) is 12.0. The number of hydrogen-bond donors (Lipinski definition) is 2. The summed E-state index contributed by atoms with van der Waals surface area (Å²) in [7, 11) is 4.89. The third kappa shape index (κ3) is 3.50. The number of anilines is 2. The maximum Gasteiger partial charge on any atom is 0.322 e. The van der Waals surface area contributed by atoms with E-state index in [0.29, 0.717) is 18.5 Å². The molecular formula is C9H17N5O2. The molecule has 1 unspecified atom stereocenters. The molecule has 90 valence electrons. The lowest BCUT2D eigenvalue weighted by atomic mass is 10.4. The topological polar surface area (TPSA) is 81.2 Å². The van der Waals surface area contributed by atoms with Gasteiger partial charge in [-0.05, 0) is 6.92 Å². The highest BCUT2D eigenvalue weighted by Gasteiger charge is 2.08. The van der Waals surface area contributed by atoms with Crippen molar-refractivity contribution in [3.8, 4) is 6.01 Å². The molecule has 0 saturated carbocycles. The van der Waals surface area contributed by atoms with Crippen LogP contribution < -0.4 is 15.4 Å². The van der Waals surface area contributed by atoms with E-state index < -0.39 is 0 Å². The van der Waals surface area contributed by atoms with Crippen LogP contribution in [0.5, 0.6) is 6.01 Å². The van der Waals surface area contributed by atoms with Crippen molar-refractivity contribution in [3.63, 3.8) is 0 Å². The van der Waals surface area contributed by atoms with Gasteiger partial charge in [-0.2, -0.15) is 15.0 Å². The van der Waals surface area contributed by atoms with Gasteiger partial charge in [0.2, 0.25) is 11.9 Å². The number of ether oxygens (including phenoxy) is 2. The number of rotatable bonds is 6. The average Bonchev–Trinajstić information content (AvgIpc) is 2.28. The minimum Gasteiger partial charge on any atom is -0.467 e. The first-order chi connectivity index (χ1) is 7.69. The van der Waals surface area contributed by atoms with E-state index in [1.807, 2.05) is 6.92 Å². The molecule has 1 rings (SSSR count). The van der Waals surface area contributed by atoms with Crippen molar-refractivity contribution in [3.05, 3.63) is 0 Å². The molecule has 0 aliphatic rings. The molecule has 2 N–H and O–H groups in total. The molecule has 1 heterocycles. The largest absolute Gasteiger partial charge is 0.467 e. The monoisotopic (exact) mass is 227 g/mol. The van der Waals surface area contributed by atoms with Gasteiger partial charge in [-0.25, -0.2) is 0 Å². The summed E-state index contributed by atoms with van der Waals surface area (Å²) in [6.45, 7) is 2.54. The zero-order valence-corrected chi connectivity index (χ0v) is 9.94. The number of methoxy groups -OCH3 is 2. The lowest BCUT2D eigenvalue weighted by Crippen LogP contribution is -2.22.